The Morgan fingerprint density at radius 2 is 2.37 bits per heavy atom. The molecule has 0 aromatic carbocycles. The molecular formula is C15H25N3O. The van der Waals surface area contributed by atoms with Gasteiger partial charge in [-0.25, -0.2) is 4.98 Å². The highest BCUT2D eigenvalue weighted by Crippen LogP contribution is 2.23. The summed E-state index contributed by atoms with van der Waals surface area (Å²) in [6.07, 6.45) is 4.88. The van der Waals surface area contributed by atoms with Crippen LogP contribution in [0.3, 0.4) is 0 Å². The van der Waals surface area contributed by atoms with Crippen LogP contribution in [0.4, 0.5) is 5.82 Å². The van der Waals surface area contributed by atoms with Gasteiger partial charge in [-0.05, 0) is 38.8 Å². The minimum Gasteiger partial charge on any atom is -0.389 e. The first-order valence-electron chi connectivity index (χ1n) is 7.23. The average Bonchev–Trinajstić information content (AvgIpc) is 2.36. The number of β-amino-alcohol motifs (C(OH)–C–C–N with tert-alkyl or cyclic N) is 1. The van der Waals surface area contributed by atoms with E-state index in [9.17, 15) is 5.11 Å². The van der Waals surface area contributed by atoms with Crippen LogP contribution in [-0.4, -0.2) is 40.2 Å². The number of hydrogen-bond donors (Lipinski definition) is 2. The van der Waals surface area contributed by atoms with E-state index < -0.39 is 5.60 Å². The number of nitrogens with zero attached hydrogens (tertiary/aromatic N) is 2. The maximum Gasteiger partial charge on any atom is 0.130 e. The fraction of sp³-hybridized carbons (Fsp3) is 0.667. The van der Waals surface area contributed by atoms with Gasteiger partial charge in [0.1, 0.15) is 5.82 Å². The lowest BCUT2D eigenvalue weighted by molar-refractivity contribution is -0.0181. The number of aliphatic hydroxyl groups is 1. The van der Waals surface area contributed by atoms with Crippen molar-refractivity contribution in [2.24, 2.45) is 0 Å². The molecule has 2 N–H and O–H groups in total. The molecule has 106 valence electrons. The molecule has 4 heteroatoms. The summed E-state index contributed by atoms with van der Waals surface area (Å²) in [6, 6.07) is 4.10. The van der Waals surface area contributed by atoms with Crippen molar-refractivity contribution in [2.45, 2.75) is 45.3 Å². The van der Waals surface area contributed by atoms with Gasteiger partial charge in [0, 0.05) is 31.4 Å². The van der Waals surface area contributed by atoms with Gasteiger partial charge in [0.25, 0.3) is 0 Å². The van der Waals surface area contributed by atoms with Crippen LogP contribution in [0.2, 0.25) is 0 Å². The van der Waals surface area contributed by atoms with E-state index in [4.69, 9.17) is 0 Å². The molecule has 1 unspecified atom stereocenters. The Hall–Kier alpha value is -1.13. The first-order valence-corrected chi connectivity index (χ1v) is 7.23. The third-order valence-electron chi connectivity index (χ3n) is 3.58. The Morgan fingerprint density at radius 3 is 3.11 bits per heavy atom. The Bertz CT molecular complexity index is 406. The molecule has 0 saturated carbocycles. The molecule has 1 fully saturated rings. The van der Waals surface area contributed by atoms with Crippen LogP contribution in [0.15, 0.2) is 18.3 Å². The van der Waals surface area contributed by atoms with E-state index in [0.29, 0.717) is 0 Å². The molecule has 0 aliphatic carbocycles. The molecule has 0 bridgehead atoms. The minimum absolute atomic E-state index is 0.544. The number of rotatable bonds is 5. The van der Waals surface area contributed by atoms with Crippen LogP contribution in [0, 0.1) is 0 Å². The highest BCUT2D eigenvalue weighted by Gasteiger charge is 2.28. The zero-order valence-corrected chi connectivity index (χ0v) is 12.0. The molecule has 0 amide bonds. The van der Waals surface area contributed by atoms with E-state index in [2.05, 4.69) is 28.2 Å². The van der Waals surface area contributed by atoms with Gasteiger partial charge in [-0.1, -0.05) is 13.0 Å². The quantitative estimate of drug-likeness (QED) is 0.855. The molecule has 1 aromatic heterocycles. The molecule has 1 aliphatic heterocycles. The van der Waals surface area contributed by atoms with Gasteiger partial charge in [0.05, 0.1) is 5.60 Å². The van der Waals surface area contributed by atoms with Crippen molar-refractivity contribution in [3.63, 3.8) is 0 Å². The van der Waals surface area contributed by atoms with Crippen molar-refractivity contribution in [2.75, 3.05) is 25.0 Å². The summed E-state index contributed by atoms with van der Waals surface area (Å²) >= 11 is 0. The van der Waals surface area contributed by atoms with E-state index in [0.717, 1.165) is 51.3 Å². The minimum atomic E-state index is -0.544. The molecule has 1 aliphatic rings. The largest absolute Gasteiger partial charge is 0.389 e. The van der Waals surface area contributed by atoms with E-state index in [1.54, 1.807) is 0 Å². The molecule has 1 saturated heterocycles. The van der Waals surface area contributed by atoms with Gasteiger partial charge in [-0.2, -0.15) is 0 Å². The van der Waals surface area contributed by atoms with E-state index >= 15 is 0 Å². The molecule has 19 heavy (non-hydrogen) atoms. The van der Waals surface area contributed by atoms with Crippen LogP contribution in [-0.2, 0) is 6.54 Å². The van der Waals surface area contributed by atoms with Crippen molar-refractivity contribution >= 4 is 5.82 Å². The third kappa shape index (κ3) is 4.18. The molecule has 1 atom stereocenters. The van der Waals surface area contributed by atoms with Gasteiger partial charge in [-0.15, -0.1) is 0 Å². The highest BCUT2D eigenvalue weighted by atomic mass is 16.3. The maximum atomic E-state index is 10.2. The zero-order valence-electron chi connectivity index (χ0n) is 12.0. The number of likely N-dealkylation sites (tertiary alicyclic amines) is 1. The number of piperidine rings is 1. The lowest BCUT2D eigenvalue weighted by Crippen LogP contribution is -2.45. The normalized spacial score (nSPS) is 24.4. The van der Waals surface area contributed by atoms with E-state index in [-0.39, 0.29) is 0 Å². The topological polar surface area (TPSA) is 48.4 Å². The Labute approximate surface area is 115 Å². The fourth-order valence-electron chi connectivity index (χ4n) is 2.67. The molecule has 1 aromatic rings. The average molecular weight is 263 g/mol. The summed E-state index contributed by atoms with van der Waals surface area (Å²) < 4.78 is 0. The second-order valence-electron chi connectivity index (χ2n) is 5.75. The van der Waals surface area contributed by atoms with Gasteiger partial charge in [0.15, 0.2) is 0 Å². The first-order chi connectivity index (χ1) is 9.11. The van der Waals surface area contributed by atoms with E-state index in [1.807, 2.05) is 19.2 Å². The first kappa shape index (κ1) is 14.3. The predicted octanol–water partition coefficient (Wildman–Crippen LogP) is 2.25. The summed E-state index contributed by atoms with van der Waals surface area (Å²) in [4.78, 5) is 6.73. The maximum absolute atomic E-state index is 10.2. The number of nitrogens with one attached hydrogen (secondary N) is 1. The third-order valence-corrected chi connectivity index (χ3v) is 3.58. The van der Waals surface area contributed by atoms with Gasteiger partial charge in [0.2, 0.25) is 0 Å². The number of hydrogen-bond acceptors (Lipinski definition) is 4. The monoisotopic (exact) mass is 263 g/mol. The molecule has 2 rings (SSSR count). The molecule has 2 heterocycles. The van der Waals surface area contributed by atoms with Crippen LogP contribution < -0.4 is 5.32 Å². The second kappa shape index (κ2) is 6.35. The van der Waals surface area contributed by atoms with Crippen molar-refractivity contribution in [3.05, 3.63) is 23.9 Å². The van der Waals surface area contributed by atoms with Crippen molar-refractivity contribution in [1.29, 1.82) is 0 Å². The zero-order chi connectivity index (χ0) is 13.7. The molecule has 0 spiro atoms. The molecular weight excluding hydrogens is 238 g/mol. The molecule has 0 radical (unpaired) electrons. The lowest BCUT2D eigenvalue weighted by atomic mass is 9.95. The smallest absolute Gasteiger partial charge is 0.130 e. The Balaban J connectivity index is 2.02. The summed E-state index contributed by atoms with van der Waals surface area (Å²) in [5.41, 5.74) is 0.672. The number of pyridine rings is 1. The van der Waals surface area contributed by atoms with Gasteiger partial charge in [-0.3, -0.25) is 4.90 Å². The van der Waals surface area contributed by atoms with E-state index in [1.165, 1.54) is 5.56 Å². The Kier molecular flexibility index (Phi) is 4.77. The predicted molar refractivity (Wildman–Crippen MR) is 78.2 cm³/mol. The lowest BCUT2D eigenvalue weighted by Gasteiger charge is -2.37. The SMILES string of the molecule is CCCNc1ncccc1CN1CCCC(C)(O)C1. The summed E-state index contributed by atoms with van der Waals surface area (Å²) in [7, 11) is 0. The summed E-state index contributed by atoms with van der Waals surface area (Å²) in [6.45, 7) is 7.68. The highest BCUT2D eigenvalue weighted by molar-refractivity contribution is 5.43. The standard InChI is InChI=1S/C15H25N3O/c1-3-8-16-14-13(6-4-9-17-14)11-18-10-5-7-15(2,19)12-18/h4,6,9,19H,3,5,7-8,10-12H2,1-2H3,(H,16,17). The van der Waals surface area contributed by atoms with Crippen molar-refractivity contribution < 1.29 is 5.11 Å². The number of anilines is 1. The van der Waals surface area contributed by atoms with Crippen LogP contribution in [0.5, 0.6) is 0 Å². The number of aromatic nitrogens is 1. The fourth-order valence-corrected chi connectivity index (χ4v) is 2.67. The second-order valence-corrected chi connectivity index (χ2v) is 5.75. The Morgan fingerprint density at radius 1 is 1.53 bits per heavy atom. The van der Waals surface area contributed by atoms with Crippen LogP contribution in [0.25, 0.3) is 0 Å². The summed E-state index contributed by atoms with van der Waals surface area (Å²) in [5.74, 6) is 0.981. The summed E-state index contributed by atoms with van der Waals surface area (Å²) in [5, 5.41) is 13.5. The molecule has 4 nitrogen and oxygen atoms in total. The van der Waals surface area contributed by atoms with Gasteiger partial charge >= 0.3 is 0 Å². The van der Waals surface area contributed by atoms with Crippen molar-refractivity contribution in [1.82, 2.24) is 9.88 Å². The van der Waals surface area contributed by atoms with Crippen LogP contribution in [0.1, 0.15) is 38.7 Å². The van der Waals surface area contributed by atoms with Crippen molar-refractivity contribution in [3.8, 4) is 0 Å². The van der Waals surface area contributed by atoms with Crippen LogP contribution >= 0.6 is 0 Å². The van der Waals surface area contributed by atoms with Gasteiger partial charge < -0.3 is 10.4 Å².